The average molecular weight is 509 g/mol. The molecule has 0 spiro atoms. The molecule has 186 valence electrons. The highest BCUT2D eigenvalue weighted by molar-refractivity contribution is 7.87. The maximum absolute atomic E-state index is 12.7. The molecule has 0 aliphatic carbocycles. The van der Waals surface area contributed by atoms with E-state index in [2.05, 4.69) is 0 Å². The van der Waals surface area contributed by atoms with Crippen molar-refractivity contribution in [1.82, 2.24) is 13.2 Å². The Morgan fingerprint density at radius 1 is 1.09 bits per heavy atom. The second-order valence-corrected chi connectivity index (χ2v) is 11.4. The molecule has 1 aliphatic rings. The second-order valence-electron chi connectivity index (χ2n) is 8.22. The summed E-state index contributed by atoms with van der Waals surface area (Å²) in [5, 5.41) is 0. The van der Waals surface area contributed by atoms with Crippen molar-refractivity contribution in [2.24, 2.45) is 7.05 Å². The summed E-state index contributed by atoms with van der Waals surface area (Å²) in [6, 6.07) is -0.551. The molecule has 2 heterocycles. The summed E-state index contributed by atoms with van der Waals surface area (Å²) in [5.74, 6) is 0. The van der Waals surface area contributed by atoms with Crippen molar-refractivity contribution in [2.75, 3.05) is 13.1 Å². The lowest BCUT2D eigenvalue weighted by molar-refractivity contribution is -0.670. The van der Waals surface area contributed by atoms with Crippen molar-refractivity contribution in [2.45, 2.75) is 57.8 Å². The van der Waals surface area contributed by atoms with Crippen LogP contribution in [0.2, 0.25) is 0 Å². The monoisotopic (exact) mass is 508 g/mol. The van der Waals surface area contributed by atoms with E-state index in [9.17, 15) is 26.4 Å². The number of aryl methyl sites for hydroxylation is 1. The molecular formula is C16H27F3N4O7S2. The fourth-order valence-electron chi connectivity index (χ4n) is 2.83. The van der Waals surface area contributed by atoms with E-state index in [1.807, 2.05) is 34.6 Å². The number of aromatic nitrogens is 2. The number of alkyl halides is 3. The van der Waals surface area contributed by atoms with E-state index in [1.54, 1.807) is 22.7 Å². The largest absolute Gasteiger partial charge is 0.741 e. The highest BCUT2D eigenvalue weighted by Crippen LogP contribution is 2.22. The maximum atomic E-state index is 12.7. The summed E-state index contributed by atoms with van der Waals surface area (Å²) in [6.45, 7) is 9.56. The zero-order valence-electron chi connectivity index (χ0n) is 18.4. The molecule has 2 atom stereocenters. The normalized spacial score (nSPS) is 21.0. The number of carbonyl (C=O) groups is 1. The van der Waals surface area contributed by atoms with Gasteiger partial charge in [-0.1, -0.05) is 0 Å². The Kier molecular flexibility index (Phi) is 8.37. The van der Waals surface area contributed by atoms with Crippen molar-refractivity contribution in [3.63, 3.8) is 0 Å². The molecule has 0 unspecified atom stereocenters. The number of piperazine rings is 1. The van der Waals surface area contributed by atoms with Gasteiger partial charge in [0.05, 0.1) is 7.05 Å². The number of halogens is 3. The Labute approximate surface area is 185 Å². The summed E-state index contributed by atoms with van der Waals surface area (Å²) >= 11 is 0. The minimum absolute atomic E-state index is 0.230. The van der Waals surface area contributed by atoms with Crippen molar-refractivity contribution in [1.29, 1.82) is 0 Å². The van der Waals surface area contributed by atoms with Crippen LogP contribution in [-0.2, 0) is 32.1 Å². The summed E-state index contributed by atoms with van der Waals surface area (Å²) in [4.78, 5) is 14.0. The Balaban J connectivity index is 0.000000547. The van der Waals surface area contributed by atoms with Gasteiger partial charge in [-0.25, -0.2) is 17.8 Å². The van der Waals surface area contributed by atoms with Crippen molar-refractivity contribution in [3.05, 3.63) is 18.7 Å². The third-order valence-corrected chi connectivity index (χ3v) is 6.38. The number of amides is 1. The first-order valence-corrected chi connectivity index (χ1v) is 12.0. The topological polar surface area (TPSA) is 133 Å². The van der Waals surface area contributed by atoms with Crippen LogP contribution in [0.15, 0.2) is 18.7 Å². The minimum atomic E-state index is -6.09. The molecule has 1 aromatic rings. The Morgan fingerprint density at radius 3 is 1.84 bits per heavy atom. The molecule has 0 aromatic carbocycles. The smallest absolute Gasteiger partial charge is 0.485 e. The van der Waals surface area contributed by atoms with Crippen molar-refractivity contribution in [3.8, 4) is 0 Å². The minimum Gasteiger partial charge on any atom is -0.741 e. The van der Waals surface area contributed by atoms with Crippen molar-refractivity contribution >= 4 is 26.4 Å². The van der Waals surface area contributed by atoms with E-state index in [-0.39, 0.29) is 25.2 Å². The van der Waals surface area contributed by atoms with Gasteiger partial charge in [-0.15, -0.1) is 3.97 Å². The van der Waals surface area contributed by atoms with Gasteiger partial charge in [0.2, 0.25) is 0 Å². The summed E-state index contributed by atoms with van der Waals surface area (Å²) in [7, 11) is -7.97. The highest BCUT2D eigenvalue weighted by Gasteiger charge is 2.41. The predicted molar refractivity (Wildman–Crippen MR) is 104 cm³/mol. The van der Waals surface area contributed by atoms with Crippen LogP contribution in [0.1, 0.15) is 34.6 Å². The zero-order valence-corrected chi connectivity index (χ0v) is 20.0. The molecule has 0 bridgehead atoms. The van der Waals surface area contributed by atoms with Crippen LogP contribution in [0.4, 0.5) is 18.0 Å². The van der Waals surface area contributed by atoms with Crippen LogP contribution in [-0.4, -0.2) is 76.9 Å². The Morgan fingerprint density at radius 2 is 1.53 bits per heavy atom. The number of nitrogens with zero attached hydrogens (tertiary/aromatic N) is 4. The van der Waals surface area contributed by atoms with Gasteiger partial charge in [0.1, 0.15) is 18.0 Å². The van der Waals surface area contributed by atoms with Gasteiger partial charge in [-0.3, -0.25) is 0 Å². The van der Waals surface area contributed by atoms with Crippen LogP contribution in [0.5, 0.6) is 0 Å². The second kappa shape index (κ2) is 9.52. The van der Waals surface area contributed by atoms with Gasteiger partial charge in [-0.05, 0) is 34.6 Å². The lowest BCUT2D eigenvalue weighted by Crippen LogP contribution is -2.61. The SMILES string of the molecule is C[C@@H]1CN(S(=O)(=O)n2cc[n+](C)c2)C[C@H](C)N1C(=O)OC(C)(C)C.O=S(=O)([O-])C(F)(F)F. The molecule has 1 aliphatic heterocycles. The number of ether oxygens (including phenoxy) is 1. The molecule has 1 amide bonds. The summed E-state index contributed by atoms with van der Waals surface area (Å²) in [6.07, 6.45) is 4.27. The Bertz CT molecular complexity index is 1010. The fraction of sp³-hybridized carbons (Fsp3) is 0.750. The number of hydrogen-bond acceptors (Lipinski definition) is 7. The lowest BCUT2D eigenvalue weighted by Gasteiger charge is -2.42. The summed E-state index contributed by atoms with van der Waals surface area (Å²) in [5.41, 5.74) is -6.23. The molecule has 32 heavy (non-hydrogen) atoms. The quantitative estimate of drug-likeness (QED) is 0.328. The molecule has 16 heteroatoms. The zero-order chi connectivity index (χ0) is 25.3. The number of imidazole rings is 1. The van der Waals surface area contributed by atoms with E-state index in [0.29, 0.717) is 0 Å². The first-order chi connectivity index (χ1) is 14.2. The van der Waals surface area contributed by atoms with Crippen LogP contribution >= 0.6 is 0 Å². The maximum Gasteiger partial charge on any atom is 0.485 e. The molecule has 1 saturated heterocycles. The van der Waals surface area contributed by atoms with Crippen LogP contribution < -0.4 is 4.57 Å². The van der Waals surface area contributed by atoms with E-state index in [4.69, 9.17) is 17.7 Å². The molecule has 11 nitrogen and oxygen atoms in total. The van der Waals surface area contributed by atoms with Crippen LogP contribution in [0.25, 0.3) is 0 Å². The van der Waals surface area contributed by atoms with Gasteiger partial charge < -0.3 is 14.2 Å². The van der Waals surface area contributed by atoms with Gasteiger partial charge in [0.25, 0.3) is 6.33 Å². The number of carbonyl (C=O) groups excluding carboxylic acids is 1. The van der Waals surface area contributed by atoms with Crippen molar-refractivity contribution < 1.29 is 48.7 Å². The van der Waals surface area contributed by atoms with E-state index in [1.165, 1.54) is 20.8 Å². The molecular weight excluding hydrogens is 481 g/mol. The molecule has 0 N–H and O–H groups in total. The Hall–Kier alpha value is -1.91. The van der Waals surface area contributed by atoms with Gasteiger partial charge in [0.15, 0.2) is 10.1 Å². The number of hydrogen-bond donors (Lipinski definition) is 0. The molecule has 0 radical (unpaired) electrons. The fourth-order valence-corrected chi connectivity index (χ4v) is 4.39. The predicted octanol–water partition coefficient (Wildman–Crippen LogP) is 0.787. The number of rotatable bonds is 2. The highest BCUT2D eigenvalue weighted by atomic mass is 32.2. The van der Waals surface area contributed by atoms with E-state index >= 15 is 0 Å². The van der Waals surface area contributed by atoms with Crippen LogP contribution in [0, 0.1) is 0 Å². The summed E-state index contributed by atoms with van der Waals surface area (Å²) < 4.78 is 94.1. The first kappa shape index (κ1) is 28.1. The standard InChI is InChI=1S/C15H27N4O4S.CHF3O3S/c1-12-9-18(24(21,22)17-8-7-16(6)11-17)10-13(2)19(12)14(20)23-15(3,4)5;2-1(3,4)8(5,6)7/h7-8,11-13H,9-10H2,1-6H3;(H,5,6,7)/q+1;/p-1/t12-,13+;. The van der Waals surface area contributed by atoms with Gasteiger partial charge >= 0.3 is 21.8 Å². The third kappa shape index (κ3) is 7.31. The molecule has 0 saturated carbocycles. The van der Waals surface area contributed by atoms with Crippen LogP contribution in [0.3, 0.4) is 0 Å². The molecule has 1 aromatic heterocycles. The first-order valence-electron chi connectivity index (χ1n) is 9.24. The molecule has 2 rings (SSSR count). The third-order valence-electron chi connectivity index (χ3n) is 4.11. The van der Waals surface area contributed by atoms with Gasteiger partial charge in [-0.2, -0.15) is 25.9 Å². The van der Waals surface area contributed by atoms with Gasteiger partial charge in [0, 0.05) is 25.2 Å². The lowest BCUT2D eigenvalue weighted by atomic mass is 10.1. The molecule has 1 fully saturated rings. The van der Waals surface area contributed by atoms with E-state index < -0.39 is 37.5 Å². The average Bonchev–Trinajstić information content (AvgIpc) is 2.98. The van der Waals surface area contributed by atoms with E-state index in [0.717, 1.165) is 0 Å².